The number of hydrogen-bond donors (Lipinski definition) is 1. The third kappa shape index (κ3) is 1.03. The molecule has 1 aromatic heterocycles. The Kier molecular flexibility index (Phi) is 1.60. The molecule has 2 aromatic rings. The summed E-state index contributed by atoms with van der Waals surface area (Å²) >= 11 is 2.00. The van der Waals surface area contributed by atoms with Crippen molar-refractivity contribution in [1.82, 2.24) is 4.98 Å². The largest absolute Gasteiger partial charge is 0.361 e. The number of nitrogens with one attached hydrogen (secondary N) is 1. The summed E-state index contributed by atoms with van der Waals surface area (Å²) in [5.41, 5.74) is 0.982. The van der Waals surface area contributed by atoms with Crippen molar-refractivity contribution in [2.24, 2.45) is 0 Å². The van der Waals surface area contributed by atoms with Crippen LogP contribution in [0.3, 0.4) is 0 Å². The molecule has 1 nitrogen and oxygen atoms in total. The van der Waals surface area contributed by atoms with E-state index in [0.29, 0.717) is 3.57 Å². The summed E-state index contributed by atoms with van der Waals surface area (Å²) in [5.74, 6) is -0.155. The van der Waals surface area contributed by atoms with Gasteiger partial charge in [0, 0.05) is 17.1 Å². The van der Waals surface area contributed by atoms with E-state index in [0.717, 1.165) is 10.9 Å². The Labute approximate surface area is 76.7 Å². The van der Waals surface area contributed by atoms with Crippen LogP contribution in [-0.4, -0.2) is 4.98 Å². The minimum Gasteiger partial charge on any atom is -0.361 e. The van der Waals surface area contributed by atoms with Gasteiger partial charge in [-0.1, -0.05) is 0 Å². The predicted octanol–water partition coefficient (Wildman–Crippen LogP) is 2.91. The molecule has 0 spiro atoms. The molecule has 0 aliphatic carbocycles. The summed E-state index contributed by atoms with van der Waals surface area (Å²) in [7, 11) is 0. The normalized spacial score (nSPS) is 10.7. The van der Waals surface area contributed by atoms with Crippen LogP contribution in [0.5, 0.6) is 0 Å². The van der Waals surface area contributed by atoms with Crippen LogP contribution in [0.4, 0.5) is 4.39 Å². The molecule has 0 atom stereocenters. The minimum atomic E-state index is -0.155. The highest BCUT2D eigenvalue weighted by Gasteiger charge is 2.03. The summed E-state index contributed by atoms with van der Waals surface area (Å²) in [6, 6.07) is 5.09. The fourth-order valence-corrected chi connectivity index (χ4v) is 1.72. The summed E-state index contributed by atoms with van der Waals surface area (Å²) in [6.07, 6.45) is 1.81. The summed E-state index contributed by atoms with van der Waals surface area (Å²) in [4.78, 5) is 3.02. The first-order valence-electron chi connectivity index (χ1n) is 3.20. The second-order valence-corrected chi connectivity index (χ2v) is 3.38. The first kappa shape index (κ1) is 7.09. The monoisotopic (exact) mass is 261 g/mol. The van der Waals surface area contributed by atoms with E-state index in [-0.39, 0.29) is 5.82 Å². The predicted molar refractivity (Wildman–Crippen MR) is 51.0 cm³/mol. The van der Waals surface area contributed by atoms with Crippen molar-refractivity contribution in [1.29, 1.82) is 0 Å². The van der Waals surface area contributed by atoms with Crippen LogP contribution in [0.1, 0.15) is 0 Å². The molecule has 0 bridgehead atoms. The van der Waals surface area contributed by atoms with Crippen LogP contribution in [0, 0.1) is 9.39 Å². The average Bonchev–Trinajstić information content (AvgIpc) is 2.45. The van der Waals surface area contributed by atoms with E-state index in [1.807, 2.05) is 34.9 Å². The minimum absolute atomic E-state index is 0.155. The van der Waals surface area contributed by atoms with Crippen molar-refractivity contribution in [2.75, 3.05) is 0 Å². The van der Waals surface area contributed by atoms with Crippen molar-refractivity contribution >= 4 is 33.5 Å². The van der Waals surface area contributed by atoms with Gasteiger partial charge in [0.05, 0.1) is 3.57 Å². The van der Waals surface area contributed by atoms with Crippen molar-refractivity contribution in [3.63, 3.8) is 0 Å². The number of hydrogen-bond acceptors (Lipinski definition) is 0. The van der Waals surface area contributed by atoms with Gasteiger partial charge in [-0.3, -0.25) is 0 Å². The second-order valence-electron chi connectivity index (χ2n) is 2.30. The maximum Gasteiger partial charge on any atom is 0.137 e. The van der Waals surface area contributed by atoms with E-state index in [2.05, 4.69) is 4.98 Å². The lowest BCUT2D eigenvalue weighted by Gasteiger charge is -1.94. The van der Waals surface area contributed by atoms with E-state index >= 15 is 0 Å². The third-order valence-electron chi connectivity index (χ3n) is 1.62. The third-order valence-corrected chi connectivity index (χ3v) is 2.72. The molecule has 0 unspecified atom stereocenters. The maximum atomic E-state index is 12.9. The van der Waals surface area contributed by atoms with Crippen molar-refractivity contribution < 1.29 is 4.39 Å². The van der Waals surface area contributed by atoms with E-state index in [4.69, 9.17) is 0 Å². The highest BCUT2D eigenvalue weighted by atomic mass is 127. The summed E-state index contributed by atoms with van der Waals surface area (Å²) < 4.78 is 13.6. The zero-order chi connectivity index (χ0) is 7.84. The molecular weight excluding hydrogens is 256 g/mol. The molecule has 1 aromatic carbocycles. The highest BCUT2D eigenvalue weighted by Crippen LogP contribution is 2.21. The van der Waals surface area contributed by atoms with Crippen LogP contribution in [0.25, 0.3) is 10.9 Å². The quantitative estimate of drug-likeness (QED) is 0.702. The highest BCUT2D eigenvalue weighted by molar-refractivity contribution is 14.1. The number of aromatic amines is 1. The molecule has 1 heterocycles. The van der Waals surface area contributed by atoms with Gasteiger partial charge in [-0.2, -0.15) is 0 Å². The molecule has 2 rings (SSSR count). The topological polar surface area (TPSA) is 15.8 Å². The number of halogens is 2. The molecule has 0 radical (unpaired) electrons. The Morgan fingerprint density at radius 1 is 1.27 bits per heavy atom. The fraction of sp³-hybridized carbons (Fsp3) is 0. The lowest BCUT2D eigenvalue weighted by Crippen LogP contribution is -1.80. The van der Waals surface area contributed by atoms with Gasteiger partial charge in [0.25, 0.3) is 0 Å². The number of rotatable bonds is 0. The van der Waals surface area contributed by atoms with Crippen molar-refractivity contribution in [2.45, 2.75) is 0 Å². The SMILES string of the molecule is Fc1ccc2[nH]ccc2c1I. The zero-order valence-corrected chi connectivity index (χ0v) is 7.72. The summed E-state index contributed by atoms with van der Waals surface area (Å²) in [6.45, 7) is 0. The van der Waals surface area contributed by atoms with Gasteiger partial charge >= 0.3 is 0 Å². The Bertz CT molecular complexity index is 394. The van der Waals surface area contributed by atoms with Gasteiger partial charge in [0.1, 0.15) is 5.82 Å². The molecule has 11 heavy (non-hydrogen) atoms. The number of H-pyrrole nitrogens is 1. The molecule has 0 saturated carbocycles. The second kappa shape index (κ2) is 2.48. The Morgan fingerprint density at radius 3 is 2.91 bits per heavy atom. The molecule has 0 fully saturated rings. The van der Waals surface area contributed by atoms with Crippen LogP contribution in [0.2, 0.25) is 0 Å². The maximum absolute atomic E-state index is 12.9. The Morgan fingerprint density at radius 2 is 2.09 bits per heavy atom. The lowest BCUT2D eigenvalue weighted by molar-refractivity contribution is 0.622. The van der Waals surface area contributed by atoms with E-state index in [9.17, 15) is 4.39 Å². The van der Waals surface area contributed by atoms with Gasteiger partial charge in [0.2, 0.25) is 0 Å². The molecule has 0 saturated heterocycles. The van der Waals surface area contributed by atoms with Crippen molar-refractivity contribution in [3.8, 4) is 0 Å². The first-order valence-corrected chi connectivity index (χ1v) is 4.28. The van der Waals surface area contributed by atoms with Crippen LogP contribution in [-0.2, 0) is 0 Å². The van der Waals surface area contributed by atoms with E-state index in [1.165, 1.54) is 6.07 Å². The molecule has 56 valence electrons. The van der Waals surface area contributed by atoms with Crippen LogP contribution in [0.15, 0.2) is 24.4 Å². The van der Waals surface area contributed by atoms with E-state index < -0.39 is 0 Å². The smallest absolute Gasteiger partial charge is 0.137 e. The molecular formula is C8H5FIN. The summed E-state index contributed by atoms with van der Waals surface area (Å²) in [5, 5.41) is 0.950. The van der Waals surface area contributed by atoms with Gasteiger partial charge in [-0.15, -0.1) is 0 Å². The molecule has 0 aliphatic heterocycles. The number of benzene rings is 1. The van der Waals surface area contributed by atoms with Gasteiger partial charge < -0.3 is 4.98 Å². The Hall–Kier alpha value is -0.580. The molecule has 0 aliphatic rings. The van der Waals surface area contributed by atoms with Crippen molar-refractivity contribution in [3.05, 3.63) is 33.8 Å². The zero-order valence-electron chi connectivity index (χ0n) is 5.57. The lowest BCUT2D eigenvalue weighted by atomic mass is 10.2. The van der Waals surface area contributed by atoms with Gasteiger partial charge in [-0.25, -0.2) is 4.39 Å². The molecule has 3 heteroatoms. The molecule has 1 N–H and O–H groups in total. The fourth-order valence-electron chi connectivity index (χ4n) is 1.07. The van der Waals surface area contributed by atoms with Gasteiger partial charge in [0.15, 0.2) is 0 Å². The van der Waals surface area contributed by atoms with Crippen LogP contribution < -0.4 is 0 Å². The standard InChI is InChI=1S/C8H5FIN/c9-6-1-2-7-5(8(6)10)3-4-11-7/h1-4,11H. The van der Waals surface area contributed by atoms with E-state index in [1.54, 1.807) is 6.07 Å². The Balaban J connectivity index is 2.93. The van der Waals surface area contributed by atoms with Crippen LogP contribution >= 0.6 is 22.6 Å². The number of fused-ring (bicyclic) bond motifs is 1. The average molecular weight is 261 g/mol. The molecule has 0 amide bonds. The van der Waals surface area contributed by atoms with Gasteiger partial charge in [-0.05, 0) is 40.8 Å². The number of aromatic nitrogens is 1. The first-order chi connectivity index (χ1) is 5.29.